The summed E-state index contributed by atoms with van der Waals surface area (Å²) in [6.45, 7) is 3.19. The fourth-order valence-electron chi connectivity index (χ4n) is 2.53. The molecule has 0 spiro atoms. The minimum absolute atomic E-state index is 0.513. The van der Waals surface area contributed by atoms with Gasteiger partial charge < -0.3 is 10.6 Å². The summed E-state index contributed by atoms with van der Waals surface area (Å²) in [6.07, 6.45) is 2.72. The average Bonchev–Trinajstić information content (AvgIpc) is 2.86. The van der Waals surface area contributed by atoms with Gasteiger partial charge in [0.15, 0.2) is 5.65 Å². The molecule has 2 aromatic rings. The molecule has 2 N–H and O–H groups in total. The SMILES string of the molecule is CN1CCC(Cn2nc(I)c3c(N)ncnc32)C1. The number of nitrogens with zero attached hydrogens (tertiary/aromatic N) is 5. The first-order chi connectivity index (χ1) is 8.65. The van der Waals surface area contributed by atoms with Crippen LogP contribution in [0.15, 0.2) is 6.33 Å². The molecule has 1 aliphatic heterocycles. The van der Waals surface area contributed by atoms with Crippen LogP contribution >= 0.6 is 22.6 Å². The van der Waals surface area contributed by atoms with Crippen LogP contribution < -0.4 is 5.73 Å². The Labute approximate surface area is 119 Å². The molecule has 1 saturated heterocycles. The minimum Gasteiger partial charge on any atom is -0.383 e. The fourth-order valence-corrected chi connectivity index (χ4v) is 3.31. The Balaban J connectivity index is 1.95. The molecule has 1 atom stereocenters. The lowest BCUT2D eigenvalue weighted by Crippen LogP contribution is -2.17. The smallest absolute Gasteiger partial charge is 0.164 e. The molecule has 3 rings (SSSR count). The number of nitrogen functional groups attached to an aromatic ring is 1. The standard InChI is InChI=1S/C11H15IN6/c1-17-3-2-7(4-17)5-18-11-8(9(12)16-18)10(13)14-6-15-11/h6-7H,2-5H2,1H3,(H2,13,14,15). The zero-order valence-corrected chi connectivity index (χ0v) is 12.3. The van der Waals surface area contributed by atoms with Gasteiger partial charge in [-0.2, -0.15) is 5.10 Å². The Kier molecular flexibility index (Phi) is 3.10. The van der Waals surface area contributed by atoms with E-state index in [-0.39, 0.29) is 0 Å². The first kappa shape index (κ1) is 12.1. The lowest BCUT2D eigenvalue weighted by atomic mass is 10.1. The largest absolute Gasteiger partial charge is 0.383 e. The molecule has 3 heterocycles. The van der Waals surface area contributed by atoms with Gasteiger partial charge in [0.2, 0.25) is 0 Å². The number of hydrogen-bond donors (Lipinski definition) is 1. The number of anilines is 1. The van der Waals surface area contributed by atoms with Gasteiger partial charge in [-0.05, 0) is 48.5 Å². The lowest BCUT2D eigenvalue weighted by Gasteiger charge is -2.10. The Morgan fingerprint density at radius 2 is 2.33 bits per heavy atom. The Bertz CT molecular complexity index is 580. The maximum Gasteiger partial charge on any atom is 0.164 e. The van der Waals surface area contributed by atoms with Crippen molar-refractivity contribution in [2.75, 3.05) is 25.9 Å². The summed E-state index contributed by atoms with van der Waals surface area (Å²) < 4.78 is 2.85. The summed E-state index contributed by atoms with van der Waals surface area (Å²) >= 11 is 2.19. The van der Waals surface area contributed by atoms with Gasteiger partial charge in [0.25, 0.3) is 0 Å². The number of nitrogens with two attached hydrogens (primary N) is 1. The van der Waals surface area contributed by atoms with Crippen LogP contribution in [-0.2, 0) is 6.54 Å². The van der Waals surface area contributed by atoms with Gasteiger partial charge in [0, 0.05) is 13.1 Å². The number of aromatic nitrogens is 4. The predicted molar refractivity (Wildman–Crippen MR) is 78.1 cm³/mol. The summed E-state index contributed by atoms with van der Waals surface area (Å²) in [5.41, 5.74) is 6.73. The third-order valence-electron chi connectivity index (χ3n) is 3.44. The molecule has 6 nitrogen and oxygen atoms in total. The fraction of sp³-hybridized carbons (Fsp3) is 0.545. The van der Waals surface area contributed by atoms with E-state index in [4.69, 9.17) is 5.73 Å². The monoisotopic (exact) mass is 358 g/mol. The number of fused-ring (bicyclic) bond motifs is 1. The van der Waals surface area contributed by atoms with E-state index in [1.807, 2.05) is 4.68 Å². The second kappa shape index (κ2) is 4.61. The van der Waals surface area contributed by atoms with Crippen molar-refractivity contribution in [2.45, 2.75) is 13.0 Å². The van der Waals surface area contributed by atoms with Gasteiger partial charge in [0.1, 0.15) is 15.8 Å². The average molecular weight is 358 g/mol. The molecular formula is C11H15IN6. The van der Waals surface area contributed by atoms with Gasteiger partial charge in [-0.1, -0.05) is 0 Å². The van der Waals surface area contributed by atoms with Gasteiger partial charge in [-0.25, -0.2) is 14.6 Å². The van der Waals surface area contributed by atoms with Gasteiger partial charge in [0.05, 0.1) is 5.39 Å². The maximum atomic E-state index is 5.88. The Morgan fingerprint density at radius 1 is 1.50 bits per heavy atom. The van der Waals surface area contributed by atoms with E-state index in [0.29, 0.717) is 11.7 Å². The van der Waals surface area contributed by atoms with Crippen LogP contribution in [0.5, 0.6) is 0 Å². The number of halogens is 1. The van der Waals surface area contributed by atoms with E-state index >= 15 is 0 Å². The van der Waals surface area contributed by atoms with Gasteiger partial charge >= 0.3 is 0 Å². The van der Waals surface area contributed by atoms with Crippen molar-refractivity contribution in [3.05, 3.63) is 10.0 Å². The van der Waals surface area contributed by atoms with Crippen LogP contribution in [0.25, 0.3) is 11.0 Å². The summed E-state index contributed by atoms with van der Waals surface area (Å²) in [6, 6.07) is 0. The van der Waals surface area contributed by atoms with Crippen molar-refractivity contribution < 1.29 is 0 Å². The summed E-state index contributed by atoms with van der Waals surface area (Å²) in [7, 11) is 2.16. The third-order valence-corrected chi connectivity index (χ3v) is 4.19. The van der Waals surface area contributed by atoms with E-state index in [9.17, 15) is 0 Å². The highest BCUT2D eigenvalue weighted by Crippen LogP contribution is 2.24. The van der Waals surface area contributed by atoms with Crippen molar-refractivity contribution in [3.63, 3.8) is 0 Å². The number of rotatable bonds is 2. The molecule has 0 aromatic carbocycles. The van der Waals surface area contributed by atoms with Crippen molar-refractivity contribution in [2.24, 2.45) is 5.92 Å². The predicted octanol–water partition coefficient (Wildman–Crippen LogP) is 0.965. The van der Waals surface area contributed by atoms with E-state index in [0.717, 1.165) is 34.4 Å². The second-order valence-corrected chi connectivity index (χ2v) is 5.87. The van der Waals surface area contributed by atoms with Crippen molar-refractivity contribution in [1.82, 2.24) is 24.6 Å². The Morgan fingerprint density at radius 3 is 3.06 bits per heavy atom. The molecule has 0 radical (unpaired) electrons. The second-order valence-electron chi connectivity index (χ2n) is 4.85. The molecule has 96 valence electrons. The molecule has 0 aliphatic carbocycles. The molecule has 2 aromatic heterocycles. The molecule has 1 aliphatic rings. The van der Waals surface area contributed by atoms with E-state index in [1.165, 1.54) is 12.7 Å². The molecular weight excluding hydrogens is 343 g/mol. The van der Waals surface area contributed by atoms with Crippen LogP contribution in [0.1, 0.15) is 6.42 Å². The van der Waals surface area contributed by atoms with Crippen molar-refractivity contribution >= 4 is 39.4 Å². The number of likely N-dealkylation sites (tertiary alicyclic amines) is 1. The van der Waals surface area contributed by atoms with E-state index in [2.05, 4.69) is 49.6 Å². The van der Waals surface area contributed by atoms with Crippen molar-refractivity contribution in [1.29, 1.82) is 0 Å². The van der Waals surface area contributed by atoms with Crippen LogP contribution in [0.4, 0.5) is 5.82 Å². The highest BCUT2D eigenvalue weighted by atomic mass is 127. The minimum atomic E-state index is 0.513. The molecule has 18 heavy (non-hydrogen) atoms. The zero-order chi connectivity index (χ0) is 12.7. The maximum absolute atomic E-state index is 5.88. The molecule has 0 saturated carbocycles. The summed E-state index contributed by atoms with van der Waals surface area (Å²) in [5, 5.41) is 5.42. The zero-order valence-electron chi connectivity index (χ0n) is 10.2. The molecule has 0 bridgehead atoms. The van der Waals surface area contributed by atoms with Gasteiger partial charge in [-0.15, -0.1) is 0 Å². The highest BCUT2D eigenvalue weighted by molar-refractivity contribution is 14.1. The summed E-state index contributed by atoms with van der Waals surface area (Å²) in [5.74, 6) is 1.16. The molecule has 1 fully saturated rings. The van der Waals surface area contributed by atoms with Crippen LogP contribution in [-0.4, -0.2) is 44.8 Å². The quantitative estimate of drug-likeness (QED) is 0.810. The molecule has 0 amide bonds. The van der Waals surface area contributed by atoms with Crippen LogP contribution in [0.2, 0.25) is 0 Å². The number of hydrogen-bond acceptors (Lipinski definition) is 5. The topological polar surface area (TPSA) is 72.9 Å². The molecule has 1 unspecified atom stereocenters. The highest BCUT2D eigenvalue weighted by Gasteiger charge is 2.22. The van der Waals surface area contributed by atoms with Gasteiger partial charge in [-0.3, -0.25) is 0 Å². The van der Waals surface area contributed by atoms with Crippen molar-refractivity contribution in [3.8, 4) is 0 Å². The van der Waals surface area contributed by atoms with Crippen LogP contribution in [0, 0.1) is 9.62 Å². The van der Waals surface area contributed by atoms with E-state index in [1.54, 1.807) is 0 Å². The normalized spacial score (nSPS) is 20.9. The Hall–Kier alpha value is -0.960. The van der Waals surface area contributed by atoms with E-state index < -0.39 is 0 Å². The molecule has 7 heteroatoms. The summed E-state index contributed by atoms with van der Waals surface area (Å²) in [4.78, 5) is 10.7. The third kappa shape index (κ3) is 2.05. The lowest BCUT2D eigenvalue weighted by molar-refractivity contribution is 0.372. The first-order valence-electron chi connectivity index (χ1n) is 5.96. The van der Waals surface area contributed by atoms with Crippen LogP contribution in [0.3, 0.4) is 0 Å². The first-order valence-corrected chi connectivity index (χ1v) is 7.04.